The minimum absolute atomic E-state index is 0.630. The molecule has 0 aromatic carbocycles. The molecule has 2 heterocycles. The number of hydrogen-bond donors (Lipinski definition) is 0. The van der Waals surface area contributed by atoms with Crippen LogP contribution in [0.1, 0.15) is 66.0 Å². The summed E-state index contributed by atoms with van der Waals surface area (Å²) >= 11 is 0. The van der Waals surface area contributed by atoms with Gasteiger partial charge in [-0.1, -0.05) is 41.5 Å². The highest BCUT2D eigenvalue weighted by atomic mass is 15.3. The van der Waals surface area contributed by atoms with Crippen LogP contribution in [0.25, 0.3) is 0 Å². The molecule has 1 aliphatic rings. The predicted molar refractivity (Wildman–Crippen MR) is 86.8 cm³/mol. The first-order chi connectivity index (χ1) is 9.25. The molecular weight excluding hydrogens is 234 g/mol. The van der Waals surface area contributed by atoms with Crippen molar-refractivity contribution in [2.45, 2.75) is 67.3 Å². The lowest BCUT2D eigenvalue weighted by Crippen LogP contribution is -2.31. The van der Waals surface area contributed by atoms with Crippen molar-refractivity contribution >= 4 is 0 Å². The molecule has 0 aliphatic carbocycles. The van der Waals surface area contributed by atoms with Gasteiger partial charge in [-0.3, -0.25) is 4.68 Å². The van der Waals surface area contributed by atoms with Crippen LogP contribution in [-0.2, 0) is 0 Å². The summed E-state index contributed by atoms with van der Waals surface area (Å²) in [6, 6.07) is 0.630. The summed E-state index contributed by atoms with van der Waals surface area (Å²) in [6.07, 6.45) is 6.56. The minimum atomic E-state index is 0.630. The smallest absolute Gasteiger partial charge is 0.0543 e. The van der Waals surface area contributed by atoms with Gasteiger partial charge in [0.25, 0.3) is 0 Å². The van der Waals surface area contributed by atoms with Crippen LogP contribution in [0.4, 0.5) is 0 Å². The van der Waals surface area contributed by atoms with Crippen molar-refractivity contribution in [1.82, 2.24) is 14.7 Å². The Balaban J connectivity index is 0. The molecule has 114 valence electrons. The molecule has 2 rings (SSSR count). The maximum Gasteiger partial charge on any atom is 0.0543 e. The van der Waals surface area contributed by atoms with Gasteiger partial charge in [-0.15, -0.1) is 0 Å². The van der Waals surface area contributed by atoms with Gasteiger partial charge in [0.2, 0.25) is 0 Å². The van der Waals surface area contributed by atoms with Crippen LogP contribution < -0.4 is 0 Å². The SMILES string of the molecule is CC.CC.CC.Cc1cnn(C2CCN(C)CC2)c1. The molecule has 0 atom stereocenters. The summed E-state index contributed by atoms with van der Waals surface area (Å²) in [5.41, 5.74) is 1.26. The highest BCUT2D eigenvalue weighted by Crippen LogP contribution is 2.20. The van der Waals surface area contributed by atoms with Crippen LogP contribution in [0.2, 0.25) is 0 Å². The van der Waals surface area contributed by atoms with E-state index in [0.717, 1.165) is 0 Å². The van der Waals surface area contributed by atoms with Crippen molar-refractivity contribution in [3.63, 3.8) is 0 Å². The third-order valence-electron chi connectivity index (χ3n) is 2.79. The molecule has 0 spiro atoms. The summed E-state index contributed by atoms with van der Waals surface area (Å²) < 4.78 is 2.13. The van der Waals surface area contributed by atoms with Crippen LogP contribution in [0, 0.1) is 6.92 Å². The van der Waals surface area contributed by atoms with Gasteiger partial charge in [-0.2, -0.15) is 5.10 Å². The van der Waals surface area contributed by atoms with Gasteiger partial charge in [0.05, 0.1) is 12.2 Å². The van der Waals surface area contributed by atoms with Gasteiger partial charge in [0.1, 0.15) is 0 Å². The van der Waals surface area contributed by atoms with Gasteiger partial charge < -0.3 is 4.90 Å². The van der Waals surface area contributed by atoms with E-state index in [2.05, 4.69) is 34.8 Å². The van der Waals surface area contributed by atoms with Crippen molar-refractivity contribution in [3.05, 3.63) is 18.0 Å². The van der Waals surface area contributed by atoms with Gasteiger partial charge in [-0.05, 0) is 45.5 Å². The third-order valence-corrected chi connectivity index (χ3v) is 2.79. The van der Waals surface area contributed by atoms with Crippen molar-refractivity contribution in [1.29, 1.82) is 0 Å². The average molecular weight is 269 g/mol. The summed E-state index contributed by atoms with van der Waals surface area (Å²) in [4.78, 5) is 2.38. The molecule has 0 N–H and O–H groups in total. The lowest BCUT2D eigenvalue weighted by atomic mass is 10.1. The van der Waals surface area contributed by atoms with E-state index in [-0.39, 0.29) is 0 Å². The lowest BCUT2D eigenvalue weighted by molar-refractivity contribution is 0.212. The first kappa shape index (κ1) is 20.5. The quantitative estimate of drug-likeness (QED) is 0.746. The van der Waals surface area contributed by atoms with Crippen LogP contribution in [0.5, 0.6) is 0 Å². The van der Waals surface area contributed by atoms with E-state index in [1.54, 1.807) is 0 Å². The molecule has 0 saturated carbocycles. The number of hydrogen-bond acceptors (Lipinski definition) is 2. The first-order valence-electron chi connectivity index (χ1n) is 7.95. The number of nitrogens with zero attached hydrogens (tertiary/aromatic N) is 3. The van der Waals surface area contributed by atoms with Gasteiger partial charge in [0, 0.05) is 6.20 Å². The summed E-state index contributed by atoms with van der Waals surface area (Å²) in [6.45, 7) is 16.5. The van der Waals surface area contributed by atoms with Crippen molar-refractivity contribution in [2.75, 3.05) is 20.1 Å². The van der Waals surface area contributed by atoms with Gasteiger partial charge in [0.15, 0.2) is 0 Å². The molecule has 3 nitrogen and oxygen atoms in total. The van der Waals surface area contributed by atoms with Crippen LogP contribution in [0.3, 0.4) is 0 Å². The van der Waals surface area contributed by atoms with Gasteiger partial charge in [-0.25, -0.2) is 0 Å². The molecule has 0 unspecified atom stereocenters. The molecule has 1 saturated heterocycles. The summed E-state index contributed by atoms with van der Waals surface area (Å²) in [5.74, 6) is 0. The molecule has 1 fully saturated rings. The van der Waals surface area contributed by atoms with Crippen LogP contribution >= 0.6 is 0 Å². The second-order valence-electron chi connectivity index (χ2n) is 4.03. The minimum Gasteiger partial charge on any atom is -0.306 e. The number of likely N-dealkylation sites (tertiary alicyclic amines) is 1. The summed E-state index contributed by atoms with van der Waals surface area (Å²) in [7, 11) is 2.19. The Bertz CT molecular complexity index is 273. The molecule has 19 heavy (non-hydrogen) atoms. The van der Waals surface area contributed by atoms with Crippen LogP contribution in [-0.4, -0.2) is 34.8 Å². The Morgan fingerprint density at radius 2 is 1.47 bits per heavy atom. The molecule has 1 aliphatic heterocycles. The molecule has 0 radical (unpaired) electrons. The maximum absolute atomic E-state index is 4.36. The molecule has 1 aromatic rings. The van der Waals surface area contributed by atoms with E-state index in [1.165, 1.54) is 31.5 Å². The molecular formula is C16H35N3. The Morgan fingerprint density at radius 1 is 1.00 bits per heavy atom. The van der Waals surface area contributed by atoms with E-state index in [9.17, 15) is 0 Å². The fraction of sp³-hybridized carbons (Fsp3) is 0.812. The Hall–Kier alpha value is -0.830. The van der Waals surface area contributed by atoms with Crippen molar-refractivity contribution < 1.29 is 0 Å². The van der Waals surface area contributed by atoms with Crippen molar-refractivity contribution in [3.8, 4) is 0 Å². The van der Waals surface area contributed by atoms with E-state index in [0.29, 0.717) is 6.04 Å². The maximum atomic E-state index is 4.36. The second-order valence-corrected chi connectivity index (χ2v) is 4.03. The first-order valence-corrected chi connectivity index (χ1v) is 7.95. The van der Waals surface area contributed by atoms with Crippen molar-refractivity contribution in [2.24, 2.45) is 0 Å². The normalized spacial score (nSPS) is 15.2. The number of aromatic nitrogens is 2. The van der Waals surface area contributed by atoms with Gasteiger partial charge >= 0.3 is 0 Å². The highest BCUT2D eigenvalue weighted by molar-refractivity contribution is 5.00. The Kier molecular flexibility index (Phi) is 14.7. The monoisotopic (exact) mass is 269 g/mol. The number of piperidine rings is 1. The van der Waals surface area contributed by atoms with E-state index < -0.39 is 0 Å². The molecule has 0 amide bonds. The highest BCUT2D eigenvalue weighted by Gasteiger charge is 2.18. The molecule has 1 aromatic heterocycles. The molecule has 0 bridgehead atoms. The number of aryl methyl sites for hydroxylation is 1. The fourth-order valence-corrected chi connectivity index (χ4v) is 1.89. The standard InChI is InChI=1S/C10H17N3.3C2H6/c1-9-7-11-13(8-9)10-3-5-12(2)6-4-10;3*1-2/h7-8,10H,3-6H2,1-2H3;3*1-2H3. The van der Waals surface area contributed by atoms with E-state index in [1.807, 2.05) is 47.7 Å². The van der Waals surface area contributed by atoms with E-state index in [4.69, 9.17) is 0 Å². The largest absolute Gasteiger partial charge is 0.306 e. The number of rotatable bonds is 1. The van der Waals surface area contributed by atoms with Crippen LogP contribution in [0.15, 0.2) is 12.4 Å². The second kappa shape index (κ2) is 13.6. The molecule has 3 heteroatoms. The average Bonchev–Trinajstić information content (AvgIpc) is 2.93. The third kappa shape index (κ3) is 8.04. The lowest BCUT2D eigenvalue weighted by Gasteiger charge is -2.28. The predicted octanol–water partition coefficient (Wildman–Crippen LogP) is 4.54. The Morgan fingerprint density at radius 3 is 1.84 bits per heavy atom. The topological polar surface area (TPSA) is 21.1 Å². The summed E-state index contributed by atoms with van der Waals surface area (Å²) in [5, 5.41) is 4.36. The zero-order valence-electron chi connectivity index (χ0n) is 14.4. The zero-order chi connectivity index (χ0) is 15.3. The Labute approximate surface area is 121 Å². The zero-order valence-corrected chi connectivity index (χ0v) is 14.4. The fourth-order valence-electron chi connectivity index (χ4n) is 1.89. The van der Waals surface area contributed by atoms with E-state index >= 15 is 0 Å².